The van der Waals surface area contributed by atoms with Crippen molar-refractivity contribution in [3.63, 3.8) is 0 Å². The van der Waals surface area contributed by atoms with Crippen LogP contribution in [0.25, 0.3) is 10.9 Å². The number of aryl methyl sites for hydroxylation is 1. The standard InChI is InChI=1S/C23H25N3O2S/c1-3-5-12-25-22(27)18-13-16-15-8-6-7-9-17(15)24-20(16)21(26(18)23(25)28)19-11-10-14(4-2)29-19/h6-11,18,21,24H,3-5,12-13H2,1-2H3/t18-,21-/m0/s1. The maximum atomic E-state index is 13.4. The van der Waals surface area contributed by atoms with E-state index in [4.69, 9.17) is 0 Å². The molecule has 2 aliphatic rings. The lowest BCUT2D eigenvalue weighted by Crippen LogP contribution is -2.43. The minimum absolute atomic E-state index is 0.0448. The molecule has 0 radical (unpaired) electrons. The molecule has 0 aliphatic carbocycles. The lowest BCUT2D eigenvalue weighted by atomic mass is 9.91. The first-order valence-electron chi connectivity index (χ1n) is 10.5. The second kappa shape index (κ2) is 7.02. The van der Waals surface area contributed by atoms with Crippen molar-refractivity contribution in [2.75, 3.05) is 6.54 Å². The summed E-state index contributed by atoms with van der Waals surface area (Å²) in [6.45, 7) is 4.73. The van der Waals surface area contributed by atoms with Gasteiger partial charge >= 0.3 is 6.03 Å². The van der Waals surface area contributed by atoms with E-state index in [2.05, 4.69) is 43.1 Å². The Bertz CT molecular complexity index is 1100. The average Bonchev–Trinajstić information content (AvgIpc) is 3.41. The molecular weight excluding hydrogens is 382 g/mol. The molecule has 6 heteroatoms. The summed E-state index contributed by atoms with van der Waals surface area (Å²) >= 11 is 1.74. The third kappa shape index (κ3) is 2.73. The van der Waals surface area contributed by atoms with Crippen LogP contribution >= 0.6 is 11.3 Å². The Hall–Kier alpha value is -2.60. The molecule has 2 atom stereocenters. The van der Waals surface area contributed by atoms with Crippen molar-refractivity contribution in [2.45, 2.75) is 51.6 Å². The first-order chi connectivity index (χ1) is 14.1. The second-order valence-corrected chi connectivity index (χ2v) is 9.08. The van der Waals surface area contributed by atoms with Crippen molar-refractivity contribution >= 4 is 34.2 Å². The molecule has 1 aromatic carbocycles. The van der Waals surface area contributed by atoms with E-state index >= 15 is 0 Å². The number of unbranched alkanes of at least 4 members (excludes halogenated alkanes) is 1. The number of urea groups is 1. The third-order valence-corrected chi connectivity index (χ3v) is 7.45. The summed E-state index contributed by atoms with van der Waals surface area (Å²) in [5, 5.41) is 1.16. The summed E-state index contributed by atoms with van der Waals surface area (Å²) in [5.74, 6) is -0.0448. The average molecular weight is 408 g/mol. The Morgan fingerprint density at radius 1 is 1.14 bits per heavy atom. The molecule has 5 rings (SSSR count). The van der Waals surface area contributed by atoms with Crippen LogP contribution in [0, 0.1) is 0 Å². The molecule has 2 aliphatic heterocycles. The molecule has 3 amide bonds. The molecule has 1 saturated heterocycles. The number of aromatic nitrogens is 1. The van der Waals surface area contributed by atoms with Crippen LogP contribution in [-0.4, -0.2) is 39.3 Å². The zero-order valence-corrected chi connectivity index (χ0v) is 17.6. The first kappa shape index (κ1) is 18.4. The Labute approximate surface area is 174 Å². The molecule has 0 saturated carbocycles. The van der Waals surface area contributed by atoms with Crippen LogP contribution in [0.5, 0.6) is 0 Å². The van der Waals surface area contributed by atoms with Gasteiger partial charge in [0.1, 0.15) is 12.1 Å². The molecule has 0 unspecified atom stereocenters. The van der Waals surface area contributed by atoms with Crippen LogP contribution in [0.1, 0.15) is 53.7 Å². The van der Waals surface area contributed by atoms with Gasteiger partial charge in [-0.1, -0.05) is 38.5 Å². The summed E-state index contributed by atoms with van der Waals surface area (Å²) in [6.07, 6.45) is 3.35. The number of H-pyrrole nitrogens is 1. The van der Waals surface area contributed by atoms with Crippen LogP contribution in [0.3, 0.4) is 0 Å². The van der Waals surface area contributed by atoms with Gasteiger partial charge in [0.25, 0.3) is 5.91 Å². The molecule has 0 spiro atoms. The van der Waals surface area contributed by atoms with Crippen LogP contribution < -0.4 is 0 Å². The number of nitrogens with one attached hydrogen (secondary N) is 1. The lowest BCUT2D eigenvalue weighted by Gasteiger charge is -2.35. The van der Waals surface area contributed by atoms with Crippen molar-refractivity contribution < 1.29 is 9.59 Å². The van der Waals surface area contributed by atoms with Crippen LogP contribution in [0.15, 0.2) is 36.4 Å². The summed E-state index contributed by atoms with van der Waals surface area (Å²) in [4.78, 5) is 35.9. The van der Waals surface area contributed by atoms with Crippen molar-refractivity contribution in [2.24, 2.45) is 0 Å². The normalized spacial score (nSPS) is 21.2. The van der Waals surface area contributed by atoms with E-state index in [0.29, 0.717) is 13.0 Å². The number of carbonyl (C=O) groups excluding carboxylic acids is 2. The number of hydrogen-bond donors (Lipinski definition) is 1. The summed E-state index contributed by atoms with van der Waals surface area (Å²) in [7, 11) is 0. The van der Waals surface area contributed by atoms with Gasteiger partial charge in [-0.15, -0.1) is 11.3 Å². The highest BCUT2D eigenvalue weighted by Crippen LogP contribution is 2.45. The number of hydrogen-bond acceptors (Lipinski definition) is 3. The van der Waals surface area contributed by atoms with Crippen molar-refractivity contribution in [1.29, 1.82) is 0 Å². The Kier molecular flexibility index (Phi) is 4.46. The predicted octanol–water partition coefficient (Wildman–Crippen LogP) is 4.87. The summed E-state index contributed by atoms with van der Waals surface area (Å²) in [6, 6.07) is 11.7. The molecule has 2 aromatic heterocycles. The van der Waals surface area contributed by atoms with E-state index in [1.54, 1.807) is 11.3 Å². The van der Waals surface area contributed by atoms with Crippen LogP contribution in [0.4, 0.5) is 4.79 Å². The van der Waals surface area contributed by atoms with E-state index in [1.807, 2.05) is 17.0 Å². The van der Waals surface area contributed by atoms with Gasteiger partial charge in [-0.2, -0.15) is 0 Å². The number of benzene rings is 1. The third-order valence-electron chi connectivity index (χ3n) is 6.17. The van der Waals surface area contributed by atoms with Gasteiger partial charge in [0.2, 0.25) is 0 Å². The minimum Gasteiger partial charge on any atom is -0.356 e. The summed E-state index contributed by atoms with van der Waals surface area (Å²) < 4.78 is 0. The Morgan fingerprint density at radius 3 is 2.72 bits per heavy atom. The van der Waals surface area contributed by atoms with Crippen molar-refractivity contribution in [3.8, 4) is 0 Å². The van der Waals surface area contributed by atoms with E-state index in [0.717, 1.165) is 40.7 Å². The number of para-hydroxylation sites is 1. The van der Waals surface area contributed by atoms with Crippen molar-refractivity contribution in [3.05, 3.63) is 57.4 Å². The quantitative estimate of drug-likeness (QED) is 0.614. The van der Waals surface area contributed by atoms with Crippen molar-refractivity contribution in [1.82, 2.24) is 14.8 Å². The molecule has 5 nitrogen and oxygen atoms in total. The second-order valence-electron chi connectivity index (χ2n) is 7.88. The predicted molar refractivity (Wildman–Crippen MR) is 115 cm³/mol. The highest BCUT2D eigenvalue weighted by atomic mass is 32.1. The van der Waals surface area contributed by atoms with Gasteiger partial charge in [0.15, 0.2) is 0 Å². The largest absolute Gasteiger partial charge is 0.356 e. The maximum Gasteiger partial charge on any atom is 0.328 e. The fraction of sp³-hybridized carbons (Fsp3) is 0.391. The number of carbonyl (C=O) groups is 2. The molecule has 3 aromatic rings. The monoisotopic (exact) mass is 407 g/mol. The van der Waals surface area contributed by atoms with Gasteiger partial charge in [-0.05, 0) is 36.6 Å². The van der Waals surface area contributed by atoms with Crippen LogP contribution in [0.2, 0.25) is 0 Å². The highest BCUT2D eigenvalue weighted by Gasteiger charge is 2.52. The van der Waals surface area contributed by atoms with E-state index in [-0.39, 0.29) is 18.0 Å². The molecule has 1 N–H and O–H groups in total. The van der Waals surface area contributed by atoms with E-state index in [1.165, 1.54) is 15.3 Å². The molecule has 29 heavy (non-hydrogen) atoms. The smallest absolute Gasteiger partial charge is 0.328 e. The number of amides is 3. The van der Waals surface area contributed by atoms with E-state index in [9.17, 15) is 9.59 Å². The molecule has 150 valence electrons. The fourth-order valence-corrected chi connectivity index (χ4v) is 5.74. The summed E-state index contributed by atoms with van der Waals surface area (Å²) in [5.41, 5.74) is 3.31. The van der Waals surface area contributed by atoms with Gasteiger partial charge in [-0.3, -0.25) is 14.6 Å². The van der Waals surface area contributed by atoms with Gasteiger partial charge in [-0.25, -0.2) is 4.79 Å². The number of nitrogens with zero attached hydrogens (tertiary/aromatic N) is 2. The van der Waals surface area contributed by atoms with Crippen LogP contribution in [-0.2, 0) is 17.6 Å². The Morgan fingerprint density at radius 2 is 1.97 bits per heavy atom. The van der Waals surface area contributed by atoms with Gasteiger partial charge in [0, 0.05) is 39.3 Å². The first-order valence-corrected chi connectivity index (χ1v) is 11.3. The molecule has 0 bridgehead atoms. The zero-order chi connectivity index (χ0) is 20.1. The number of fused-ring (bicyclic) bond motifs is 4. The van der Waals surface area contributed by atoms with E-state index < -0.39 is 6.04 Å². The molecule has 4 heterocycles. The minimum atomic E-state index is -0.414. The highest BCUT2D eigenvalue weighted by molar-refractivity contribution is 7.12. The number of rotatable bonds is 5. The SMILES string of the molecule is CCCCN1C(=O)[C@@H]2Cc3c([nH]c4ccccc34)[C@H](c3ccc(CC)s3)N2C1=O. The fourth-order valence-electron chi connectivity index (χ4n) is 4.68. The topological polar surface area (TPSA) is 56.4 Å². The van der Waals surface area contributed by atoms with Gasteiger partial charge < -0.3 is 4.98 Å². The van der Waals surface area contributed by atoms with Gasteiger partial charge in [0.05, 0.1) is 0 Å². The maximum absolute atomic E-state index is 13.4. The molecular formula is C23H25N3O2S. The number of thiophene rings is 1. The zero-order valence-electron chi connectivity index (χ0n) is 16.8. The Balaban J connectivity index is 1.67. The molecule has 1 fully saturated rings. The number of imide groups is 1. The number of aromatic amines is 1. The lowest BCUT2D eigenvalue weighted by molar-refractivity contribution is -0.128.